The molecule has 0 saturated carbocycles. The molecule has 2 aromatic carbocycles. The summed E-state index contributed by atoms with van der Waals surface area (Å²) in [6.45, 7) is 0. The van der Waals surface area contributed by atoms with Gasteiger partial charge in [0.1, 0.15) is 5.69 Å². The van der Waals surface area contributed by atoms with E-state index in [1.54, 1.807) is 26.4 Å². The first-order valence-electron chi connectivity index (χ1n) is 9.73. The van der Waals surface area contributed by atoms with Crippen LogP contribution in [-0.2, 0) is 0 Å². The molecule has 3 aromatic heterocycles. The van der Waals surface area contributed by atoms with Crippen molar-refractivity contribution < 1.29 is 14.3 Å². The molecule has 0 aliphatic carbocycles. The average molecular weight is 429 g/mol. The Kier molecular flexibility index (Phi) is 4.79. The number of ether oxygens (including phenoxy) is 2. The number of fused-ring (bicyclic) bond motifs is 1. The summed E-state index contributed by atoms with van der Waals surface area (Å²) in [5, 5.41) is 16.8. The Hall–Kier alpha value is -4.60. The fraction of sp³-hybridized carbons (Fsp3) is 0.0909. The van der Waals surface area contributed by atoms with Gasteiger partial charge in [-0.2, -0.15) is 10.2 Å². The number of nitrogens with zero attached hydrogens (tertiary/aromatic N) is 3. The van der Waals surface area contributed by atoms with Crippen molar-refractivity contribution in [1.29, 1.82) is 0 Å². The number of hydrogen-bond donors (Lipinski definition) is 4. The highest BCUT2D eigenvalue weighted by Crippen LogP contribution is 2.33. The standard InChI is InChI=1S/C22H19N7O3/c1-31-17-8-14-15(9-18(17)32-2)26-21(25-14)20-16(11-24-29-20)27-22(30)13-10-23-28-19(13)12-6-4-3-5-7-12/h3-11H,1-2H3,(H,23,28)(H,24,29)(H,25,26)(H,27,30). The highest BCUT2D eigenvalue weighted by Gasteiger charge is 2.20. The van der Waals surface area contributed by atoms with Crippen molar-refractivity contribution in [2.75, 3.05) is 19.5 Å². The van der Waals surface area contributed by atoms with Gasteiger partial charge in [-0.3, -0.25) is 15.0 Å². The van der Waals surface area contributed by atoms with Crippen LogP contribution in [0.1, 0.15) is 10.4 Å². The molecule has 4 N–H and O–H groups in total. The molecule has 0 bridgehead atoms. The van der Waals surface area contributed by atoms with Gasteiger partial charge in [0.15, 0.2) is 17.3 Å². The predicted molar refractivity (Wildman–Crippen MR) is 119 cm³/mol. The van der Waals surface area contributed by atoms with Crippen molar-refractivity contribution in [3.05, 3.63) is 60.4 Å². The summed E-state index contributed by atoms with van der Waals surface area (Å²) in [5.74, 6) is 1.35. The van der Waals surface area contributed by atoms with Gasteiger partial charge in [0, 0.05) is 17.7 Å². The average Bonchev–Trinajstić information content (AvgIpc) is 3.57. The third kappa shape index (κ3) is 3.33. The van der Waals surface area contributed by atoms with E-state index in [4.69, 9.17) is 9.47 Å². The second-order valence-corrected chi connectivity index (χ2v) is 6.95. The van der Waals surface area contributed by atoms with E-state index in [0.717, 1.165) is 11.1 Å². The summed E-state index contributed by atoms with van der Waals surface area (Å²) >= 11 is 0. The lowest BCUT2D eigenvalue weighted by molar-refractivity contribution is 0.102. The molecule has 10 nitrogen and oxygen atoms in total. The Balaban J connectivity index is 1.46. The third-order valence-corrected chi connectivity index (χ3v) is 5.06. The number of carbonyl (C=O) groups excluding carboxylic acids is 1. The quantitative estimate of drug-likeness (QED) is 0.326. The van der Waals surface area contributed by atoms with Crippen LogP contribution in [0.2, 0.25) is 0 Å². The molecule has 5 aromatic rings. The third-order valence-electron chi connectivity index (χ3n) is 5.06. The van der Waals surface area contributed by atoms with E-state index in [1.807, 2.05) is 30.3 Å². The molecule has 0 fully saturated rings. The van der Waals surface area contributed by atoms with Gasteiger partial charge in [-0.1, -0.05) is 30.3 Å². The van der Waals surface area contributed by atoms with Gasteiger partial charge in [-0.25, -0.2) is 4.98 Å². The number of aromatic nitrogens is 6. The number of nitrogens with one attached hydrogen (secondary N) is 4. The fourth-order valence-corrected chi connectivity index (χ4v) is 3.49. The zero-order valence-corrected chi connectivity index (χ0v) is 17.3. The Labute approximate surface area is 182 Å². The van der Waals surface area contributed by atoms with Gasteiger partial charge >= 0.3 is 0 Å². The number of anilines is 1. The molecule has 160 valence electrons. The minimum absolute atomic E-state index is 0.320. The molecular weight excluding hydrogens is 410 g/mol. The van der Waals surface area contributed by atoms with E-state index in [-0.39, 0.29) is 5.91 Å². The van der Waals surface area contributed by atoms with E-state index in [2.05, 4.69) is 35.7 Å². The minimum Gasteiger partial charge on any atom is -0.493 e. The van der Waals surface area contributed by atoms with Gasteiger partial charge in [0.2, 0.25) is 0 Å². The van der Waals surface area contributed by atoms with Crippen LogP contribution in [0, 0.1) is 0 Å². The number of rotatable bonds is 6. The topological polar surface area (TPSA) is 134 Å². The minimum atomic E-state index is -0.320. The van der Waals surface area contributed by atoms with Crippen LogP contribution in [0.25, 0.3) is 33.8 Å². The van der Waals surface area contributed by atoms with Crippen LogP contribution in [0.4, 0.5) is 5.69 Å². The lowest BCUT2D eigenvalue weighted by atomic mass is 10.1. The van der Waals surface area contributed by atoms with Gasteiger partial charge in [-0.15, -0.1) is 0 Å². The number of methoxy groups -OCH3 is 2. The number of H-pyrrole nitrogens is 3. The second kappa shape index (κ2) is 7.91. The van der Waals surface area contributed by atoms with Crippen molar-refractivity contribution in [3.63, 3.8) is 0 Å². The number of amides is 1. The zero-order valence-electron chi connectivity index (χ0n) is 17.3. The summed E-state index contributed by atoms with van der Waals surface area (Å²) in [6, 6.07) is 13.1. The Morgan fingerprint density at radius 2 is 1.66 bits per heavy atom. The first-order valence-corrected chi connectivity index (χ1v) is 9.73. The van der Waals surface area contributed by atoms with Crippen molar-refractivity contribution in [2.45, 2.75) is 0 Å². The molecule has 1 amide bonds. The zero-order chi connectivity index (χ0) is 22.1. The van der Waals surface area contributed by atoms with Gasteiger partial charge in [-0.05, 0) is 0 Å². The maximum atomic E-state index is 13.0. The summed E-state index contributed by atoms with van der Waals surface area (Å²) in [4.78, 5) is 20.8. The van der Waals surface area contributed by atoms with E-state index in [9.17, 15) is 4.79 Å². The molecule has 32 heavy (non-hydrogen) atoms. The van der Waals surface area contributed by atoms with Crippen LogP contribution in [0.5, 0.6) is 11.5 Å². The summed E-state index contributed by atoms with van der Waals surface area (Å²) in [5.41, 5.74) is 4.38. The van der Waals surface area contributed by atoms with Crippen LogP contribution in [0.15, 0.2) is 54.9 Å². The van der Waals surface area contributed by atoms with Crippen molar-refractivity contribution in [1.82, 2.24) is 30.4 Å². The molecule has 5 rings (SSSR count). The monoisotopic (exact) mass is 429 g/mol. The first-order chi connectivity index (χ1) is 15.7. The molecule has 0 aliphatic heterocycles. The van der Waals surface area contributed by atoms with E-state index in [0.29, 0.717) is 45.5 Å². The fourth-order valence-electron chi connectivity index (χ4n) is 3.49. The predicted octanol–water partition coefficient (Wildman–Crippen LogP) is 3.61. The number of hydrogen-bond acceptors (Lipinski definition) is 6. The normalized spacial score (nSPS) is 10.9. The maximum Gasteiger partial charge on any atom is 0.259 e. The number of aromatic amines is 3. The summed E-state index contributed by atoms with van der Waals surface area (Å²) < 4.78 is 10.7. The summed E-state index contributed by atoms with van der Waals surface area (Å²) in [6.07, 6.45) is 3.03. The van der Waals surface area contributed by atoms with E-state index >= 15 is 0 Å². The Bertz CT molecular complexity index is 1360. The van der Waals surface area contributed by atoms with Crippen molar-refractivity contribution in [3.8, 4) is 34.3 Å². The smallest absolute Gasteiger partial charge is 0.259 e. The van der Waals surface area contributed by atoms with Gasteiger partial charge in [0.05, 0.1) is 54.6 Å². The molecule has 0 radical (unpaired) electrons. The van der Waals surface area contributed by atoms with E-state index in [1.165, 1.54) is 12.4 Å². The molecule has 0 saturated heterocycles. The van der Waals surface area contributed by atoms with Crippen molar-refractivity contribution in [2.24, 2.45) is 0 Å². The SMILES string of the molecule is COc1cc2nc(-c3[nH]ncc3NC(=O)c3cn[nH]c3-c3ccccc3)[nH]c2cc1OC. The lowest BCUT2D eigenvalue weighted by Gasteiger charge is -2.06. The van der Waals surface area contributed by atoms with E-state index < -0.39 is 0 Å². The largest absolute Gasteiger partial charge is 0.493 e. The molecule has 10 heteroatoms. The van der Waals surface area contributed by atoms with Gasteiger partial charge in [0.25, 0.3) is 5.91 Å². The van der Waals surface area contributed by atoms with Crippen molar-refractivity contribution >= 4 is 22.6 Å². The highest BCUT2D eigenvalue weighted by atomic mass is 16.5. The summed E-state index contributed by atoms with van der Waals surface area (Å²) in [7, 11) is 3.14. The molecular formula is C22H19N7O3. The van der Waals surface area contributed by atoms with Crippen LogP contribution in [-0.4, -0.2) is 50.5 Å². The second-order valence-electron chi connectivity index (χ2n) is 6.95. The Morgan fingerprint density at radius 3 is 2.44 bits per heavy atom. The van der Waals surface area contributed by atoms with Gasteiger partial charge < -0.3 is 19.8 Å². The first kappa shape index (κ1) is 19.4. The maximum absolute atomic E-state index is 13.0. The van der Waals surface area contributed by atoms with Crippen LogP contribution >= 0.6 is 0 Å². The highest BCUT2D eigenvalue weighted by molar-refractivity contribution is 6.09. The van der Waals surface area contributed by atoms with Crippen LogP contribution < -0.4 is 14.8 Å². The molecule has 0 atom stereocenters. The lowest BCUT2D eigenvalue weighted by Crippen LogP contribution is -2.12. The molecule has 0 aliphatic rings. The Morgan fingerprint density at radius 1 is 0.938 bits per heavy atom. The number of imidazole rings is 1. The molecule has 0 unspecified atom stereocenters. The number of carbonyl (C=O) groups is 1. The molecule has 3 heterocycles. The van der Waals surface area contributed by atoms with Crippen LogP contribution in [0.3, 0.4) is 0 Å². The number of benzene rings is 2. The molecule has 0 spiro atoms.